The molecule has 2 N–H and O–H groups in total. The summed E-state index contributed by atoms with van der Waals surface area (Å²) in [6.45, 7) is -0.251. The second-order valence-corrected chi connectivity index (χ2v) is 6.39. The smallest absolute Gasteiger partial charge is 0.278 e. The zero-order valence-corrected chi connectivity index (χ0v) is 16.9. The number of benzene rings is 1. The summed E-state index contributed by atoms with van der Waals surface area (Å²) in [5.74, 6) is 9.53. The number of aromatic nitrogens is 2. The molecule has 0 saturated carbocycles. The fourth-order valence-electron chi connectivity index (χ4n) is 3.18. The van der Waals surface area contributed by atoms with Crippen LogP contribution in [0.4, 0.5) is 5.82 Å². The number of hydrogen-bond acceptors (Lipinski definition) is 7. The van der Waals surface area contributed by atoms with Gasteiger partial charge in [0, 0.05) is 19.2 Å². The van der Waals surface area contributed by atoms with Gasteiger partial charge in [0.05, 0.1) is 27.4 Å². The summed E-state index contributed by atoms with van der Waals surface area (Å²) in [6, 6.07) is 5.25. The second-order valence-electron chi connectivity index (χ2n) is 6.39. The molecule has 156 valence electrons. The number of methoxy groups -OCH3 is 2. The van der Waals surface area contributed by atoms with Gasteiger partial charge in [-0.05, 0) is 24.1 Å². The van der Waals surface area contributed by atoms with Gasteiger partial charge in [0.25, 0.3) is 5.91 Å². The van der Waals surface area contributed by atoms with E-state index in [0.29, 0.717) is 22.9 Å². The summed E-state index contributed by atoms with van der Waals surface area (Å²) < 4.78 is 12.0. The normalized spacial score (nSPS) is 15.2. The van der Waals surface area contributed by atoms with Crippen molar-refractivity contribution in [2.45, 2.75) is 6.35 Å². The van der Waals surface area contributed by atoms with E-state index in [0.717, 1.165) is 4.90 Å². The lowest BCUT2D eigenvalue weighted by atomic mass is 10.2. The first-order valence-corrected chi connectivity index (χ1v) is 9.07. The fraction of sp³-hybridized carbons (Fsp3) is 0.333. The van der Waals surface area contributed by atoms with Crippen LogP contribution in [0.1, 0.15) is 21.9 Å². The molecule has 0 bridgehead atoms. The first kappa shape index (κ1) is 21.1. The predicted octanol–water partition coefficient (Wildman–Crippen LogP) is 0.000700. The Morgan fingerprint density at radius 3 is 2.57 bits per heavy atom. The van der Waals surface area contributed by atoms with Crippen molar-refractivity contribution in [3.05, 3.63) is 35.3 Å². The van der Waals surface area contributed by atoms with E-state index >= 15 is 0 Å². The third kappa shape index (κ3) is 3.64. The van der Waals surface area contributed by atoms with E-state index < -0.39 is 12.3 Å². The van der Waals surface area contributed by atoms with E-state index in [2.05, 4.69) is 22.7 Å². The van der Waals surface area contributed by atoms with Crippen LogP contribution in [-0.4, -0.2) is 70.8 Å². The molecule has 0 aliphatic carbocycles. The summed E-state index contributed by atoms with van der Waals surface area (Å²) in [4.78, 5) is 19.8. The van der Waals surface area contributed by atoms with Gasteiger partial charge in [0.15, 0.2) is 28.8 Å². The molecule has 30 heavy (non-hydrogen) atoms. The van der Waals surface area contributed by atoms with Crippen LogP contribution in [0.2, 0.25) is 0 Å². The number of amides is 1. The summed E-state index contributed by atoms with van der Waals surface area (Å²) >= 11 is 0. The first-order valence-electron chi connectivity index (χ1n) is 9.07. The highest BCUT2D eigenvalue weighted by Crippen LogP contribution is 2.30. The van der Waals surface area contributed by atoms with Crippen LogP contribution in [0.15, 0.2) is 18.2 Å². The largest absolute Gasteiger partial charge is 0.493 e. The van der Waals surface area contributed by atoms with Crippen molar-refractivity contribution in [1.29, 1.82) is 0 Å². The van der Waals surface area contributed by atoms with Crippen molar-refractivity contribution in [3.8, 4) is 35.7 Å². The Morgan fingerprint density at radius 2 is 1.93 bits per heavy atom. The number of carbonyl (C=O) groups is 1. The number of terminal acetylenes is 1. The molecule has 0 fully saturated rings. The SMILES string of the molecule is C#CCN1C(=O)c2c(nc(C#Cc3ccc(OC)c(OC)c3)n2C)N(CCO)C1O. The molecule has 2 heterocycles. The summed E-state index contributed by atoms with van der Waals surface area (Å²) in [5.41, 5.74) is 0.904. The van der Waals surface area contributed by atoms with E-state index in [1.165, 1.54) is 12.0 Å². The Morgan fingerprint density at radius 1 is 1.20 bits per heavy atom. The number of carbonyl (C=O) groups excluding carboxylic acids is 1. The monoisotopic (exact) mass is 410 g/mol. The average Bonchev–Trinajstić information content (AvgIpc) is 3.08. The molecule has 9 heteroatoms. The van der Waals surface area contributed by atoms with E-state index in [1.807, 2.05) is 0 Å². The number of anilines is 1. The predicted molar refractivity (Wildman–Crippen MR) is 109 cm³/mol. The molecule has 1 aliphatic heterocycles. The minimum absolute atomic E-state index is 0.0715. The number of imidazole rings is 1. The average molecular weight is 410 g/mol. The van der Waals surface area contributed by atoms with E-state index in [1.54, 1.807) is 36.9 Å². The maximum Gasteiger partial charge on any atom is 0.278 e. The van der Waals surface area contributed by atoms with Crippen molar-refractivity contribution in [1.82, 2.24) is 14.5 Å². The van der Waals surface area contributed by atoms with Crippen molar-refractivity contribution >= 4 is 11.7 Å². The molecular formula is C21H22N4O5. The molecule has 1 aliphatic rings. The number of ether oxygens (including phenoxy) is 2. The van der Waals surface area contributed by atoms with Gasteiger partial charge in [-0.25, -0.2) is 4.98 Å². The van der Waals surface area contributed by atoms with Gasteiger partial charge in [0.1, 0.15) is 0 Å². The minimum atomic E-state index is -1.32. The highest BCUT2D eigenvalue weighted by atomic mass is 16.5. The van der Waals surface area contributed by atoms with Gasteiger partial charge >= 0.3 is 0 Å². The molecule has 1 aromatic carbocycles. The highest BCUT2D eigenvalue weighted by Gasteiger charge is 2.40. The van der Waals surface area contributed by atoms with Crippen molar-refractivity contribution in [3.63, 3.8) is 0 Å². The van der Waals surface area contributed by atoms with Gasteiger partial charge < -0.3 is 29.2 Å². The van der Waals surface area contributed by atoms with Gasteiger partial charge in [-0.15, -0.1) is 6.42 Å². The minimum Gasteiger partial charge on any atom is -0.493 e. The summed E-state index contributed by atoms with van der Waals surface area (Å²) in [6.07, 6.45) is 4.01. The lowest BCUT2D eigenvalue weighted by molar-refractivity contribution is 0.00508. The van der Waals surface area contributed by atoms with Gasteiger partial charge in [-0.3, -0.25) is 9.69 Å². The number of hydrogen-bond donors (Lipinski definition) is 2. The maximum absolute atomic E-state index is 12.9. The number of aliphatic hydroxyl groups is 2. The van der Waals surface area contributed by atoms with Gasteiger partial charge in [0.2, 0.25) is 6.35 Å². The molecule has 2 aromatic rings. The van der Waals surface area contributed by atoms with Crippen molar-refractivity contribution in [2.75, 3.05) is 38.8 Å². The number of fused-ring (bicyclic) bond motifs is 1. The zero-order valence-electron chi connectivity index (χ0n) is 16.9. The molecular weight excluding hydrogens is 388 g/mol. The van der Waals surface area contributed by atoms with Crippen LogP contribution in [-0.2, 0) is 7.05 Å². The third-order valence-electron chi connectivity index (χ3n) is 4.67. The Hall–Kier alpha value is -3.66. The highest BCUT2D eigenvalue weighted by molar-refractivity contribution is 6.00. The topological polar surface area (TPSA) is 100 Å². The van der Waals surface area contributed by atoms with Crippen LogP contribution in [0, 0.1) is 24.2 Å². The molecule has 1 aromatic heterocycles. The second kappa shape index (κ2) is 8.78. The fourth-order valence-corrected chi connectivity index (χ4v) is 3.18. The Kier molecular flexibility index (Phi) is 6.17. The molecule has 1 atom stereocenters. The van der Waals surface area contributed by atoms with Crippen LogP contribution < -0.4 is 14.4 Å². The van der Waals surface area contributed by atoms with E-state index in [9.17, 15) is 15.0 Å². The third-order valence-corrected chi connectivity index (χ3v) is 4.67. The van der Waals surface area contributed by atoms with Crippen LogP contribution in [0.25, 0.3) is 0 Å². The van der Waals surface area contributed by atoms with Crippen molar-refractivity contribution < 1.29 is 24.5 Å². The Labute approximate surface area is 174 Å². The maximum atomic E-state index is 12.9. The Bertz CT molecular complexity index is 1060. The molecule has 1 unspecified atom stereocenters. The number of β-amino-alcohol motifs (C(OH)–C–C–N with tert-alkyl or cyclic N) is 1. The summed E-state index contributed by atoms with van der Waals surface area (Å²) in [7, 11) is 4.75. The number of aliphatic hydroxyl groups excluding tert-OH is 2. The summed E-state index contributed by atoms with van der Waals surface area (Å²) in [5, 5.41) is 19.9. The van der Waals surface area contributed by atoms with E-state index in [4.69, 9.17) is 15.9 Å². The zero-order chi connectivity index (χ0) is 21.8. The standard InChI is InChI=1S/C21H22N4O5/c1-5-10-25-20(27)18-19(24(11-12-26)21(25)28)22-17(23(18)2)9-7-14-6-8-15(29-3)16(13-14)30-4/h1,6,8,13,21,26,28H,10-12H2,2-4H3. The van der Waals surface area contributed by atoms with Gasteiger partial charge in [-0.1, -0.05) is 11.8 Å². The Balaban J connectivity index is 2.03. The molecule has 0 spiro atoms. The number of nitrogens with zero attached hydrogens (tertiary/aromatic N) is 4. The molecule has 9 nitrogen and oxygen atoms in total. The first-order chi connectivity index (χ1) is 14.5. The van der Waals surface area contributed by atoms with Crippen LogP contribution in [0.5, 0.6) is 11.5 Å². The van der Waals surface area contributed by atoms with E-state index in [-0.39, 0.29) is 31.2 Å². The number of rotatable bonds is 5. The molecule has 1 amide bonds. The molecule has 0 saturated heterocycles. The lowest BCUT2D eigenvalue weighted by Gasteiger charge is -2.39. The lowest BCUT2D eigenvalue weighted by Crippen LogP contribution is -2.56. The van der Waals surface area contributed by atoms with Crippen LogP contribution >= 0.6 is 0 Å². The molecule has 3 rings (SSSR count). The molecule has 0 radical (unpaired) electrons. The van der Waals surface area contributed by atoms with Crippen molar-refractivity contribution in [2.24, 2.45) is 7.05 Å². The van der Waals surface area contributed by atoms with Gasteiger partial charge in [-0.2, -0.15) is 0 Å². The van der Waals surface area contributed by atoms with Crippen LogP contribution in [0.3, 0.4) is 0 Å². The quantitative estimate of drug-likeness (QED) is 0.670.